The lowest BCUT2D eigenvalue weighted by Crippen LogP contribution is -2.50. The van der Waals surface area contributed by atoms with Crippen LogP contribution in [0.5, 0.6) is 0 Å². The van der Waals surface area contributed by atoms with Gasteiger partial charge in [0.1, 0.15) is 6.54 Å². The number of amides is 2. The topological polar surface area (TPSA) is 85.8 Å². The molecule has 3 N–H and O–H groups in total. The molecule has 2 amide bonds. The molecule has 0 aromatic rings. The van der Waals surface area contributed by atoms with E-state index in [2.05, 4.69) is 20.9 Å². The third-order valence-corrected chi connectivity index (χ3v) is 5.47. The van der Waals surface area contributed by atoms with Crippen LogP contribution in [0.1, 0.15) is 39.5 Å². The highest BCUT2D eigenvalue weighted by Gasteiger charge is 2.40. The maximum atomic E-state index is 12.0. The molecule has 3 atom stereocenters. The van der Waals surface area contributed by atoms with Gasteiger partial charge in [-0.2, -0.15) is 0 Å². The van der Waals surface area contributed by atoms with Crippen LogP contribution in [0.3, 0.4) is 0 Å². The van der Waals surface area contributed by atoms with E-state index in [9.17, 15) is 9.59 Å². The second kappa shape index (κ2) is 9.75. The zero-order chi connectivity index (χ0) is 18.6. The second-order valence-electron chi connectivity index (χ2n) is 8.20. The summed E-state index contributed by atoms with van der Waals surface area (Å²) in [7, 11) is 5.09. The van der Waals surface area contributed by atoms with Crippen LogP contribution in [0.25, 0.3) is 0 Å². The Morgan fingerprint density at radius 3 is 2.38 bits per heavy atom. The van der Waals surface area contributed by atoms with Crippen LogP contribution in [0.4, 0.5) is 0 Å². The molecule has 0 aliphatic heterocycles. The van der Waals surface area contributed by atoms with Crippen molar-refractivity contribution in [1.82, 2.24) is 20.9 Å². The molecule has 7 nitrogen and oxygen atoms in total. The van der Waals surface area contributed by atoms with Gasteiger partial charge in [0.15, 0.2) is 5.96 Å². The minimum absolute atomic E-state index is 0. The Balaban J connectivity index is 0.00000338. The van der Waals surface area contributed by atoms with E-state index in [1.165, 1.54) is 30.6 Å². The summed E-state index contributed by atoms with van der Waals surface area (Å²) in [5.74, 6) is 2.09. The van der Waals surface area contributed by atoms with E-state index in [0.717, 1.165) is 5.92 Å². The lowest BCUT2D eigenvalue weighted by molar-refractivity contribution is -0.128. The van der Waals surface area contributed by atoms with Crippen molar-refractivity contribution < 1.29 is 9.59 Å². The third kappa shape index (κ3) is 5.99. The Morgan fingerprint density at radius 1 is 1.19 bits per heavy atom. The van der Waals surface area contributed by atoms with E-state index in [4.69, 9.17) is 0 Å². The summed E-state index contributed by atoms with van der Waals surface area (Å²) in [5.41, 5.74) is -0.558. The molecule has 0 spiro atoms. The van der Waals surface area contributed by atoms with E-state index >= 15 is 0 Å². The molecular formula is C18H34IN5O2. The number of halogens is 1. The highest BCUT2D eigenvalue weighted by Crippen LogP contribution is 2.44. The summed E-state index contributed by atoms with van der Waals surface area (Å²) in [4.78, 5) is 29.8. The average Bonchev–Trinajstić information content (AvgIpc) is 3.18. The molecule has 0 saturated heterocycles. The lowest BCUT2D eigenvalue weighted by atomic mass is 9.92. The highest BCUT2D eigenvalue weighted by molar-refractivity contribution is 14.0. The smallest absolute Gasteiger partial charge is 0.243 e. The van der Waals surface area contributed by atoms with Crippen molar-refractivity contribution in [3.8, 4) is 0 Å². The van der Waals surface area contributed by atoms with Crippen molar-refractivity contribution in [3.05, 3.63) is 0 Å². The van der Waals surface area contributed by atoms with Crippen LogP contribution < -0.4 is 16.0 Å². The molecule has 2 saturated carbocycles. The fraction of sp³-hybridized carbons (Fsp3) is 0.833. The Hall–Kier alpha value is -1.06. The number of likely N-dealkylation sites (N-methyl/N-ethyl adjacent to an activating group) is 1. The summed E-state index contributed by atoms with van der Waals surface area (Å²) < 4.78 is 0. The first kappa shape index (κ1) is 23.0. The minimum Gasteiger partial charge on any atom is -0.359 e. The van der Waals surface area contributed by atoms with Gasteiger partial charge in [0.25, 0.3) is 0 Å². The molecule has 8 heteroatoms. The van der Waals surface area contributed by atoms with Crippen LogP contribution in [0.2, 0.25) is 0 Å². The fourth-order valence-corrected chi connectivity index (χ4v) is 3.76. The van der Waals surface area contributed by atoms with Gasteiger partial charge in [0.2, 0.25) is 11.8 Å². The van der Waals surface area contributed by atoms with Crippen molar-refractivity contribution in [2.75, 3.05) is 34.2 Å². The molecule has 2 rings (SSSR count). The van der Waals surface area contributed by atoms with Crippen molar-refractivity contribution in [2.45, 2.75) is 45.6 Å². The van der Waals surface area contributed by atoms with Crippen LogP contribution >= 0.6 is 24.0 Å². The van der Waals surface area contributed by atoms with Gasteiger partial charge in [-0.1, -0.05) is 6.42 Å². The number of carbonyl (C=O) groups is 2. The van der Waals surface area contributed by atoms with E-state index in [-0.39, 0.29) is 42.3 Å². The van der Waals surface area contributed by atoms with Gasteiger partial charge < -0.3 is 20.9 Å². The van der Waals surface area contributed by atoms with Crippen LogP contribution in [-0.4, -0.2) is 62.9 Å². The quantitative estimate of drug-likeness (QED) is 0.304. The largest absolute Gasteiger partial charge is 0.359 e. The molecule has 2 fully saturated rings. The summed E-state index contributed by atoms with van der Waals surface area (Å²) in [6.07, 6.45) is 5.08. The first-order valence-electron chi connectivity index (χ1n) is 9.20. The normalized spacial score (nSPS) is 24.7. The molecule has 26 heavy (non-hydrogen) atoms. The maximum Gasteiger partial charge on any atom is 0.243 e. The standard InChI is InChI=1S/C18H33N5O2.HI/c1-18(2,16(25)19-3)11-21-17(20-10-15(24)23(4)5)22-14-9-12-6-7-13(14)8-12;/h12-14H,6-11H2,1-5H3,(H,19,25)(H2,20,21,22);1H. The van der Waals surface area contributed by atoms with E-state index in [1.807, 2.05) is 13.8 Å². The summed E-state index contributed by atoms with van der Waals surface area (Å²) in [6.45, 7) is 4.33. The second-order valence-corrected chi connectivity index (χ2v) is 8.20. The fourth-order valence-electron chi connectivity index (χ4n) is 3.76. The molecule has 3 unspecified atom stereocenters. The van der Waals surface area contributed by atoms with Crippen LogP contribution in [0.15, 0.2) is 4.99 Å². The summed E-state index contributed by atoms with van der Waals surface area (Å²) in [5, 5.41) is 9.46. The van der Waals surface area contributed by atoms with E-state index < -0.39 is 5.41 Å². The predicted molar refractivity (Wildman–Crippen MR) is 115 cm³/mol. The number of rotatable bonds is 6. The van der Waals surface area contributed by atoms with Crippen molar-refractivity contribution in [2.24, 2.45) is 22.2 Å². The lowest BCUT2D eigenvalue weighted by Gasteiger charge is -2.28. The maximum absolute atomic E-state index is 12.0. The molecule has 2 aliphatic carbocycles. The Morgan fingerprint density at radius 2 is 1.88 bits per heavy atom. The molecule has 2 bridgehead atoms. The SMILES string of the molecule is CNC(=O)C(C)(C)CNC(=NCC(=O)N(C)C)NC1CC2CCC1C2.I. The molecule has 2 aliphatic rings. The number of guanidine groups is 1. The van der Waals surface area contributed by atoms with Crippen molar-refractivity contribution in [3.63, 3.8) is 0 Å². The van der Waals surface area contributed by atoms with Gasteiger partial charge in [-0.25, -0.2) is 4.99 Å². The number of nitrogens with one attached hydrogen (secondary N) is 3. The first-order valence-corrected chi connectivity index (χ1v) is 9.20. The Bertz CT molecular complexity index is 536. The number of carbonyl (C=O) groups excluding carboxylic acids is 2. The summed E-state index contributed by atoms with van der Waals surface area (Å²) >= 11 is 0. The third-order valence-electron chi connectivity index (χ3n) is 5.47. The number of nitrogens with zero attached hydrogens (tertiary/aromatic N) is 2. The molecule has 150 valence electrons. The van der Waals surface area contributed by atoms with Gasteiger partial charge in [0, 0.05) is 33.7 Å². The zero-order valence-corrected chi connectivity index (χ0v) is 18.9. The number of hydrogen-bond acceptors (Lipinski definition) is 3. The molecule has 0 heterocycles. The van der Waals surface area contributed by atoms with Crippen LogP contribution in [0, 0.1) is 17.3 Å². The number of aliphatic imine (C=N–C) groups is 1. The van der Waals surface area contributed by atoms with Crippen molar-refractivity contribution >= 4 is 41.8 Å². The highest BCUT2D eigenvalue weighted by atomic mass is 127. The van der Waals surface area contributed by atoms with E-state index in [1.54, 1.807) is 21.1 Å². The van der Waals surface area contributed by atoms with Crippen molar-refractivity contribution in [1.29, 1.82) is 0 Å². The van der Waals surface area contributed by atoms with Crippen LogP contribution in [-0.2, 0) is 9.59 Å². The zero-order valence-electron chi connectivity index (χ0n) is 16.6. The summed E-state index contributed by atoms with van der Waals surface area (Å²) in [6, 6.07) is 0.419. The minimum atomic E-state index is -0.558. The van der Waals surface area contributed by atoms with E-state index in [0.29, 0.717) is 24.5 Å². The molecule has 0 aromatic heterocycles. The Kier molecular flexibility index (Phi) is 8.62. The van der Waals surface area contributed by atoms with Gasteiger partial charge in [-0.05, 0) is 44.9 Å². The number of hydrogen-bond donors (Lipinski definition) is 3. The molecule has 0 radical (unpaired) electrons. The molecular weight excluding hydrogens is 445 g/mol. The van der Waals surface area contributed by atoms with Gasteiger partial charge in [-0.15, -0.1) is 24.0 Å². The average molecular weight is 479 g/mol. The van der Waals surface area contributed by atoms with Gasteiger partial charge in [0.05, 0.1) is 5.41 Å². The monoisotopic (exact) mass is 479 g/mol. The van der Waals surface area contributed by atoms with Gasteiger partial charge in [-0.3, -0.25) is 9.59 Å². The van der Waals surface area contributed by atoms with Gasteiger partial charge >= 0.3 is 0 Å². The number of fused-ring (bicyclic) bond motifs is 2. The first-order chi connectivity index (χ1) is 11.7. The Labute approximate surface area is 174 Å². The predicted octanol–water partition coefficient (Wildman–Crippen LogP) is 1.19. The molecule has 0 aromatic carbocycles.